The van der Waals surface area contributed by atoms with Crippen LogP contribution in [0.4, 0.5) is 4.79 Å². The minimum Gasteiger partial charge on any atom is -0.341 e. The van der Waals surface area contributed by atoms with Crippen LogP contribution >= 0.6 is 0 Å². The first-order valence-electron chi connectivity index (χ1n) is 7.59. The first-order valence-corrected chi connectivity index (χ1v) is 7.59. The van der Waals surface area contributed by atoms with Gasteiger partial charge in [0.15, 0.2) is 6.04 Å². The predicted molar refractivity (Wildman–Crippen MR) is 88.6 cm³/mol. The molecule has 120 valence electrons. The number of urea groups is 1. The number of benzene rings is 2. The van der Waals surface area contributed by atoms with Crippen molar-refractivity contribution < 1.29 is 14.9 Å². The highest BCUT2D eigenvalue weighted by Gasteiger charge is 2.27. The lowest BCUT2D eigenvalue weighted by atomic mass is 10.0. The zero-order chi connectivity index (χ0) is 16.7. The van der Waals surface area contributed by atoms with Crippen LogP contribution in [0.15, 0.2) is 60.7 Å². The highest BCUT2D eigenvalue weighted by atomic mass is 16.2. The van der Waals surface area contributed by atoms with Gasteiger partial charge in [0.1, 0.15) is 6.04 Å². The number of imide groups is 1. The number of quaternary nitrogens is 1. The van der Waals surface area contributed by atoms with Crippen LogP contribution in [0, 0.1) is 0 Å². The van der Waals surface area contributed by atoms with Gasteiger partial charge in [-0.1, -0.05) is 60.7 Å². The molecule has 4 N–H and O–H groups in total. The smallest absolute Gasteiger partial charge is 0.321 e. The van der Waals surface area contributed by atoms with E-state index < -0.39 is 12.1 Å². The van der Waals surface area contributed by atoms with E-state index in [4.69, 9.17) is 0 Å². The van der Waals surface area contributed by atoms with Gasteiger partial charge in [-0.3, -0.25) is 10.1 Å². The first kappa shape index (κ1) is 16.7. The van der Waals surface area contributed by atoms with Gasteiger partial charge in [-0.25, -0.2) is 4.79 Å². The lowest BCUT2D eigenvalue weighted by molar-refractivity contribution is -0.719. The molecule has 0 radical (unpaired) electrons. The van der Waals surface area contributed by atoms with Crippen molar-refractivity contribution in [3.8, 4) is 0 Å². The summed E-state index contributed by atoms with van der Waals surface area (Å²) >= 11 is 0. The Morgan fingerprint density at radius 2 is 1.43 bits per heavy atom. The van der Waals surface area contributed by atoms with Crippen molar-refractivity contribution in [2.24, 2.45) is 0 Å². The van der Waals surface area contributed by atoms with Crippen LogP contribution in [0.25, 0.3) is 0 Å². The van der Waals surface area contributed by atoms with Crippen LogP contribution in [0.5, 0.6) is 0 Å². The highest BCUT2D eigenvalue weighted by molar-refractivity contribution is 5.96. The molecule has 2 aromatic carbocycles. The molecule has 0 saturated carbocycles. The van der Waals surface area contributed by atoms with Crippen molar-refractivity contribution in [3.63, 3.8) is 0 Å². The van der Waals surface area contributed by atoms with E-state index in [0.29, 0.717) is 0 Å². The summed E-state index contributed by atoms with van der Waals surface area (Å²) in [5, 5.41) is 6.73. The third-order valence-corrected chi connectivity index (χ3v) is 3.71. The summed E-state index contributed by atoms with van der Waals surface area (Å²) in [4.78, 5) is 23.9. The summed E-state index contributed by atoms with van der Waals surface area (Å²) in [5.41, 5.74) is 1.98. The molecular formula is C18H22N3O2+. The third-order valence-electron chi connectivity index (χ3n) is 3.71. The second kappa shape index (κ2) is 8.10. The van der Waals surface area contributed by atoms with Gasteiger partial charge in [-0.2, -0.15) is 0 Å². The van der Waals surface area contributed by atoms with Crippen LogP contribution in [-0.4, -0.2) is 19.0 Å². The molecule has 0 aliphatic rings. The van der Waals surface area contributed by atoms with E-state index in [9.17, 15) is 9.59 Å². The lowest BCUT2D eigenvalue weighted by Crippen LogP contribution is -2.88. The van der Waals surface area contributed by atoms with Gasteiger partial charge < -0.3 is 10.6 Å². The number of hydrogen-bond acceptors (Lipinski definition) is 2. The molecule has 3 amide bonds. The van der Waals surface area contributed by atoms with Crippen molar-refractivity contribution in [3.05, 3.63) is 71.8 Å². The molecule has 0 saturated heterocycles. The molecule has 2 aromatic rings. The molecule has 0 fully saturated rings. The van der Waals surface area contributed by atoms with Crippen LogP contribution in [0.3, 0.4) is 0 Å². The van der Waals surface area contributed by atoms with E-state index in [2.05, 4.69) is 10.6 Å². The van der Waals surface area contributed by atoms with Gasteiger partial charge in [0.2, 0.25) is 0 Å². The Morgan fingerprint density at radius 1 is 0.913 bits per heavy atom. The summed E-state index contributed by atoms with van der Waals surface area (Å²) in [5.74, 6) is -0.335. The summed E-state index contributed by atoms with van der Waals surface area (Å²) in [6.45, 7) is 2.04. The maximum Gasteiger partial charge on any atom is 0.321 e. The second-order valence-corrected chi connectivity index (χ2v) is 5.35. The molecule has 0 unspecified atom stereocenters. The van der Waals surface area contributed by atoms with Gasteiger partial charge in [0, 0.05) is 18.2 Å². The average Bonchev–Trinajstić information content (AvgIpc) is 2.60. The van der Waals surface area contributed by atoms with Gasteiger partial charge >= 0.3 is 6.03 Å². The maximum atomic E-state index is 12.5. The molecule has 5 nitrogen and oxygen atoms in total. The minimum atomic E-state index is -0.503. The van der Waals surface area contributed by atoms with Crippen molar-refractivity contribution in [1.82, 2.24) is 10.6 Å². The van der Waals surface area contributed by atoms with E-state index in [1.807, 2.05) is 72.9 Å². The fourth-order valence-electron chi connectivity index (χ4n) is 2.42. The number of carbonyl (C=O) groups is 2. The second-order valence-electron chi connectivity index (χ2n) is 5.35. The molecule has 2 rings (SSSR count). The zero-order valence-corrected chi connectivity index (χ0v) is 13.3. The molecule has 2 atom stereocenters. The average molecular weight is 312 g/mol. The predicted octanol–water partition coefficient (Wildman–Crippen LogP) is 1.51. The standard InChI is InChI=1S/C18H21N3O2/c1-13(14-9-5-3-6-10-14)20-16(15-11-7-4-8-12-15)17(22)21-18(23)19-2/h3-13,16,20H,1-2H3,(H2,19,21,22,23)/p+1/t13-,16-/m1/s1. The largest absolute Gasteiger partial charge is 0.341 e. The van der Waals surface area contributed by atoms with Crippen LogP contribution in [-0.2, 0) is 4.79 Å². The number of amides is 3. The molecule has 0 spiro atoms. The SMILES string of the molecule is CNC(=O)NC(=O)[C@H]([NH2+][C@H](C)c1ccccc1)c1ccccc1. The van der Waals surface area contributed by atoms with Crippen molar-refractivity contribution in [2.45, 2.75) is 19.0 Å². The quantitative estimate of drug-likeness (QED) is 0.783. The molecule has 0 bridgehead atoms. The van der Waals surface area contributed by atoms with Crippen molar-refractivity contribution >= 4 is 11.9 Å². The topological polar surface area (TPSA) is 74.8 Å². The van der Waals surface area contributed by atoms with E-state index in [-0.39, 0.29) is 11.9 Å². The lowest BCUT2D eigenvalue weighted by Gasteiger charge is -2.20. The van der Waals surface area contributed by atoms with Gasteiger partial charge in [0.05, 0.1) is 0 Å². The number of nitrogens with one attached hydrogen (secondary N) is 2. The Bertz CT molecular complexity index is 644. The van der Waals surface area contributed by atoms with Crippen LogP contribution in [0.2, 0.25) is 0 Å². The van der Waals surface area contributed by atoms with E-state index >= 15 is 0 Å². The fraction of sp³-hybridized carbons (Fsp3) is 0.222. The number of nitrogens with two attached hydrogens (primary N) is 1. The Labute approximate surface area is 136 Å². The van der Waals surface area contributed by atoms with Gasteiger partial charge in [-0.05, 0) is 6.92 Å². The zero-order valence-electron chi connectivity index (χ0n) is 13.3. The van der Waals surface area contributed by atoms with E-state index in [1.165, 1.54) is 7.05 Å². The molecular weight excluding hydrogens is 290 g/mol. The Morgan fingerprint density at radius 3 is 1.96 bits per heavy atom. The molecule has 0 aliphatic carbocycles. The number of hydrogen-bond donors (Lipinski definition) is 3. The number of carbonyl (C=O) groups excluding carboxylic acids is 2. The highest BCUT2D eigenvalue weighted by Crippen LogP contribution is 2.13. The van der Waals surface area contributed by atoms with E-state index in [1.54, 1.807) is 0 Å². The maximum absolute atomic E-state index is 12.5. The summed E-state index contributed by atoms with van der Waals surface area (Å²) < 4.78 is 0. The minimum absolute atomic E-state index is 0.0804. The monoisotopic (exact) mass is 312 g/mol. The molecule has 0 aliphatic heterocycles. The summed E-state index contributed by atoms with van der Waals surface area (Å²) in [7, 11) is 1.48. The van der Waals surface area contributed by atoms with Crippen LogP contribution < -0.4 is 16.0 Å². The summed E-state index contributed by atoms with van der Waals surface area (Å²) in [6, 6.07) is 18.5. The fourth-order valence-corrected chi connectivity index (χ4v) is 2.42. The normalized spacial score (nSPS) is 13.0. The first-order chi connectivity index (χ1) is 11.1. The molecule has 23 heavy (non-hydrogen) atoms. The molecule has 0 heterocycles. The third kappa shape index (κ3) is 4.66. The Hall–Kier alpha value is -2.66. The summed E-state index contributed by atoms with van der Waals surface area (Å²) in [6.07, 6.45) is 0. The Balaban J connectivity index is 2.20. The van der Waals surface area contributed by atoms with Crippen LogP contribution in [0.1, 0.15) is 30.1 Å². The molecule has 0 aromatic heterocycles. The number of rotatable bonds is 5. The van der Waals surface area contributed by atoms with Crippen molar-refractivity contribution in [1.29, 1.82) is 0 Å². The molecule has 5 heteroatoms. The van der Waals surface area contributed by atoms with E-state index in [0.717, 1.165) is 11.1 Å². The van der Waals surface area contributed by atoms with Crippen molar-refractivity contribution in [2.75, 3.05) is 7.05 Å². The van der Waals surface area contributed by atoms with Gasteiger partial charge in [-0.15, -0.1) is 0 Å². The Kier molecular flexibility index (Phi) is 5.88. The van der Waals surface area contributed by atoms with Gasteiger partial charge in [0.25, 0.3) is 5.91 Å².